The fourth-order valence-corrected chi connectivity index (χ4v) is 8.32. The van der Waals surface area contributed by atoms with Crippen molar-refractivity contribution in [2.24, 2.45) is 0 Å². The summed E-state index contributed by atoms with van der Waals surface area (Å²) in [6.45, 7) is 8.23. The van der Waals surface area contributed by atoms with Gasteiger partial charge in [0.1, 0.15) is 0 Å². The van der Waals surface area contributed by atoms with Crippen molar-refractivity contribution in [2.45, 2.75) is 35.6 Å². The molecular formula is C15H19ClO2SSi. The van der Waals surface area contributed by atoms with Gasteiger partial charge in [-0.25, -0.2) is 0 Å². The van der Waals surface area contributed by atoms with Gasteiger partial charge in [0.05, 0.1) is 31.6 Å². The van der Waals surface area contributed by atoms with E-state index in [4.69, 9.17) is 21.1 Å². The van der Waals surface area contributed by atoms with Crippen molar-refractivity contribution in [3.05, 3.63) is 40.6 Å². The highest BCUT2D eigenvalue weighted by Gasteiger charge is 2.61. The van der Waals surface area contributed by atoms with Gasteiger partial charge in [0.2, 0.25) is 5.79 Å². The molecule has 1 aromatic rings. The highest BCUT2D eigenvalue weighted by Crippen LogP contribution is 2.56. The van der Waals surface area contributed by atoms with Gasteiger partial charge < -0.3 is 9.47 Å². The topological polar surface area (TPSA) is 18.5 Å². The van der Waals surface area contributed by atoms with E-state index in [2.05, 4.69) is 43.9 Å². The predicted molar refractivity (Wildman–Crippen MR) is 86.9 cm³/mol. The van der Waals surface area contributed by atoms with E-state index in [1.165, 1.54) is 10.1 Å². The van der Waals surface area contributed by atoms with Crippen LogP contribution in [0.15, 0.2) is 45.5 Å². The first kappa shape index (κ1) is 14.7. The Morgan fingerprint density at radius 1 is 1.15 bits per heavy atom. The molecule has 1 heterocycles. The van der Waals surface area contributed by atoms with E-state index >= 15 is 0 Å². The van der Waals surface area contributed by atoms with Crippen LogP contribution >= 0.6 is 23.4 Å². The fraction of sp³-hybridized carbons (Fsp3) is 0.467. The number of thioether (sulfide) groups is 1. The van der Waals surface area contributed by atoms with E-state index < -0.39 is 13.9 Å². The van der Waals surface area contributed by atoms with Crippen LogP contribution in [0.1, 0.15) is 0 Å². The Morgan fingerprint density at radius 3 is 2.30 bits per heavy atom. The first-order valence-corrected chi connectivity index (χ1v) is 11.6. The van der Waals surface area contributed by atoms with Gasteiger partial charge in [-0.1, -0.05) is 49.4 Å². The minimum absolute atomic E-state index is 0.187. The van der Waals surface area contributed by atoms with Crippen LogP contribution in [0, 0.1) is 0 Å². The lowest BCUT2D eigenvalue weighted by molar-refractivity contribution is -0.127. The smallest absolute Gasteiger partial charge is 0.221 e. The molecule has 108 valence electrons. The maximum absolute atomic E-state index is 6.57. The average Bonchev–Trinajstić information content (AvgIpc) is 2.90. The minimum atomic E-state index is -1.48. The molecule has 5 heteroatoms. The van der Waals surface area contributed by atoms with Gasteiger partial charge in [0.15, 0.2) is 0 Å². The molecule has 1 aliphatic heterocycles. The maximum Gasteiger partial charge on any atom is 0.221 e. The zero-order valence-corrected chi connectivity index (χ0v) is 14.6. The summed E-state index contributed by atoms with van der Waals surface area (Å²) >= 11 is 8.38. The van der Waals surface area contributed by atoms with Crippen LogP contribution < -0.4 is 0 Å². The summed E-state index contributed by atoms with van der Waals surface area (Å²) in [6, 6.07) is 10.4. The van der Waals surface area contributed by atoms with E-state index in [0.717, 1.165) is 5.03 Å². The zero-order valence-electron chi connectivity index (χ0n) is 12.0. The van der Waals surface area contributed by atoms with Crippen LogP contribution in [0.5, 0.6) is 0 Å². The first-order valence-electron chi connectivity index (χ1n) is 6.85. The highest BCUT2D eigenvalue weighted by molar-refractivity contribution is 8.00. The van der Waals surface area contributed by atoms with Gasteiger partial charge >= 0.3 is 0 Å². The second kappa shape index (κ2) is 5.18. The fourth-order valence-electron chi connectivity index (χ4n) is 2.73. The summed E-state index contributed by atoms with van der Waals surface area (Å²) < 4.78 is 11.8. The van der Waals surface area contributed by atoms with Gasteiger partial charge in [0, 0.05) is 4.90 Å². The number of benzene rings is 1. The average molecular weight is 327 g/mol. The standard InChI is InChI=1S/C15H19ClO2SSi/c1-20(2,3)12-13(16)15(17-9-10-18-15)14(12)19-11-7-5-4-6-8-11/h4-8,14H,9-10H2,1-3H3. The van der Waals surface area contributed by atoms with Crippen molar-refractivity contribution < 1.29 is 9.47 Å². The van der Waals surface area contributed by atoms with Gasteiger partial charge in [-0.2, -0.15) is 0 Å². The third kappa shape index (κ3) is 2.27. The largest absolute Gasteiger partial charge is 0.342 e. The molecule has 0 amide bonds. The Labute approximate surface area is 130 Å². The number of halogens is 1. The van der Waals surface area contributed by atoms with Crippen molar-refractivity contribution in [3.63, 3.8) is 0 Å². The summed E-state index contributed by atoms with van der Waals surface area (Å²) in [7, 11) is -1.48. The monoisotopic (exact) mass is 326 g/mol. The van der Waals surface area contributed by atoms with Crippen LogP contribution in [-0.2, 0) is 9.47 Å². The Morgan fingerprint density at radius 2 is 1.75 bits per heavy atom. The van der Waals surface area contributed by atoms with Crippen molar-refractivity contribution in [1.29, 1.82) is 0 Å². The third-order valence-electron chi connectivity index (χ3n) is 3.67. The Hall–Kier alpha value is -0.263. The minimum Gasteiger partial charge on any atom is -0.342 e. The molecular weight excluding hydrogens is 308 g/mol. The van der Waals surface area contributed by atoms with Crippen LogP contribution in [0.2, 0.25) is 19.6 Å². The summed E-state index contributed by atoms with van der Waals surface area (Å²) in [5, 5.41) is 2.36. The molecule has 0 bridgehead atoms. The Balaban J connectivity index is 1.94. The van der Waals surface area contributed by atoms with Gasteiger partial charge in [0.25, 0.3) is 0 Å². The van der Waals surface area contributed by atoms with Gasteiger partial charge in [-0.05, 0) is 17.3 Å². The molecule has 0 N–H and O–H groups in total. The van der Waals surface area contributed by atoms with Crippen molar-refractivity contribution in [1.82, 2.24) is 0 Å². The van der Waals surface area contributed by atoms with Crippen LogP contribution in [-0.4, -0.2) is 32.3 Å². The number of hydrogen-bond acceptors (Lipinski definition) is 3. The third-order valence-corrected chi connectivity index (χ3v) is 7.99. The molecule has 1 atom stereocenters. The van der Waals surface area contributed by atoms with Crippen LogP contribution in [0.3, 0.4) is 0 Å². The van der Waals surface area contributed by atoms with E-state index in [1.54, 1.807) is 0 Å². The number of ether oxygens (including phenoxy) is 2. The normalized spacial score (nSPS) is 25.1. The maximum atomic E-state index is 6.57. The molecule has 2 aliphatic rings. The second-order valence-corrected chi connectivity index (χ2v) is 12.7. The number of rotatable bonds is 3. The van der Waals surface area contributed by atoms with Crippen molar-refractivity contribution >= 4 is 31.4 Å². The molecule has 1 unspecified atom stereocenters. The lowest BCUT2D eigenvalue weighted by Crippen LogP contribution is -2.57. The zero-order chi connectivity index (χ0) is 14.4. The van der Waals surface area contributed by atoms with Gasteiger partial charge in [-0.15, -0.1) is 11.8 Å². The van der Waals surface area contributed by atoms with Crippen molar-refractivity contribution in [2.75, 3.05) is 13.2 Å². The predicted octanol–water partition coefficient (Wildman–Crippen LogP) is 4.27. The highest BCUT2D eigenvalue weighted by atomic mass is 35.5. The first-order chi connectivity index (χ1) is 9.45. The molecule has 1 spiro atoms. The SMILES string of the molecule is C[Si](C)(C)C1=C(Cl)C2(OCCO2)C1Sc1ccccc1. The molecule has 1 fully saturated rings. The van der Waals surface area contributed by atoms with Crippen LogP contribution in [0.25, 0.3) is 0 Å². The molecule has 0 aromatic heterocycles. The molecule has 0 radical (unpaired) electrons. The van der Waals surface area contributed by atoms with E-state index in [1.807, 2.05) is 17.8 Å². The molecule has 0 saturated carbocycles. The van der Waals surface area contributed by atoms with E-state index in [9.17, 15) is 0 Å². The molecule has 1 aromatic carbocycles. The lowest BCUT2D eigenvalue weighted by Gasteiger charge is -2.49. The van der Waals surface area contributed by atoms with Crippen LogP contribution in [0.4, 0.5) is 0 Å². The number of hydrogen-bond donors (Lipinski definition) is 0. The van der Waals surface area contributed by atoms with E-state index in [0.29, 0.717) is 13.2 Å². The van der Waals surface area contributed by atoms with E-state index in [-0.39, 0.29) is 5.25 Å². The van der Waals surface area contributed by atoms with Crippen molar-refractivity contribution in [3.8, 4) is 0 Å². The Bertz CT molecular complexity index is 533. The molecule has 20 heavy (non-hydrogen) atoms. The molecule has 1 aliphatic carbocycles. The molecule has 1 saturated heterocycles. The summed E-state index contributed by atoms with van der Waals surface area (Å²) in [6.07, 6.45) is 0. The lowest BCUT2D eigenvalue weighted by atomic mass is 10.0. The van der Waals surface area contributed by atoms with Gasteiger partial charge in [-0.3, -0.25) is 0 Å². The Kier molecular flexibility index (Phi) is 3.80. The summed E-state index contributed by atoms with van der Waals surface area (Å²) in [5.41, 5.74) is 0. The molecule has 2 nitrogen and oxygen atoms in total. The molecule has 3 rings (SSSR count). The summed E-state index contributed by atoms with van der Waals surface area (Å²) in [4.78, 5) is 1.23. The summed E-state index contributed by atoms with van der Waals surface area (Å²) in [5.74, 6) is -0.683. The quantitative estimate of drug-likeness (QED) is 0.773. The second-order valence-electron chi connectivity index (χ2n) is 6.15.